The summed E-state index contributed by atoms with van der Waals surface area (Å²) in [4.78, 5) is 2.36. The van der Waals surface area contributed by atoms with Gasteiger partial charge in [0.15, 0.2) is 0 Å². The number of nitrogens with zero attached hydrogens (tertiary/aromatic N) is 1. The van der Waals surface area contributed by atoms with Gasteiger partial charge in [-0.1, -0.05) is 26.7 Å². The molecule has 0 spiro atoms. The molecule has 5 atom stereocenters. The first-order valence-electron chi connectivity index (χ1n) is 7.46. The highest BCUT2D eigenvalue weighted by atomic mass is 16.3. The predicted molar refractivity (Wildman–Crippen MR) is 71.9 cm³/mol. The van der Waals surface area contributed by atoms with Crippen LogP contribution in [0.2, 0.25) is 0 Å². The molecule has 0 amide bonds. The molecule has 2 heteroatoms. The number of aliphatic hydroxyl groups is 1. The maximum Gasteiger partial charge on any atom is 0.0692 e. The summed E-state index contributed by atoms with van der Waals surface area (Å²) in [6, 6.07) is 0. The predicted octanol–water partition coefficient (Wildman–Crippen LogP) is 2.76. The molecular formula is C15H29NO. The van der Waals surface area contributed by atoms with Crippen molar-refractivity contribution < 1.29 is 5.11 Å². The van der Waals surface area contributed by atoms with E-state index in [1.807, 2.05) is 0 Å². The van der Waals surface area contributed by atoms with Crippen LogP contribution in [-0.4, -0.2) is 36.2 Å². The minimum atomic E-state index is -0.149. The Labute approximate surface area is 106 Å². The van der Waals surface area contributed by atoms with Crippen LogP contribution >= 0.6 is 0 Å². The second-order valence-electron chi connectivity index (χ2n) is 6.61. The van der Waals surface area contributed by atoms with Gasteiger partial charge in [-0.05, 0) is 50.0 Å². The molecule has 0 radical (unpaired) electrons. The Hall–Kier alpha value is -0.0800. The molecule has 0 aromatic rings. The van der Waals surface area contributed by atoms with Crippen LogP contribution in [0.15, 0.2) is 0 Å². The summed E-state index contributed by atoms with van der Waals surface area (Å²) in [5.41, 5.74) is 0. The molecule has 2 aliphatic rings. The number of hydrogen-bond donors (Lipinski definition) is 1. The highest BCUT2D eigenvalue weighted by molar-refractivity contribution is 4.91. The van der Waals surface area contributed by atoms with E-state index in [0.717, 1.165) is 30.7 Å². The van der Waals surface area contributed by atoms with Crippen molar-refractivity contribution in [1.82, 2.24) is 4.90 Å². The fraction of sp³-hybridized carbons (Fsp3) is 1.00. The van der Waals surface area contributed by atoms with Gasteiger partial charge in [-0.2, -0.15) is 0 Å². The minimum absolute atomic E-state index is 0.149. The molecule has 2 bridgehead atoms. The number of likely N-dealkylation sites (N-methyl/N-ethyl adjacent to an activating group) is 1. The van der Waals surface area contributed by atoms with Crippen molar-refractivity contribution in [3.8, 4) is 0 Å². The zero-order valence-corrected chi connectivity index (χ0v) is 11.7. The quantitative estimate of drug-likeness (QED) is 0.770. The zero-order chi connectivity index (χ0) is 12.4. The van der Waals surface area contributed by atoms with Gasteiger partial charge in [-0.15, -0.1) is 0 Å². The van der Waals surface area contributed by atoms with E-state index < -0.39 is 0 Å². The monoisotopic (exact) mass is 239 g/mol. The Morgan fingerprint density at radius 1 is 1.29 bits per heavy atom. The van der Waals surface area contributed by atoms with E-state index in [1.54, 1.807) is 0 Å². The van der Waals surface area contributed by atoms with Gasteiger partial charge in [0, 0.05) is 13.1 Å². The van der Waals surface area contributed by atoms with E-state index in [2.05, 4.69) is 25.8 Å². The lowest BCUT2D eigenvalue weighted by atomic mass is 9.88. The van der Waals surface area contributed by atoms with Crippen LogP contribution in [0.5, 0.6) is 0 Å². The lowest BCUT2D eigenvalue weighted by Crippen LogP contribution is -2.37. The lowest BCUT2D eigenvalue weighted by molar-refractivity contribution is 0.0685. The SMILES string of the molecule is CCC(C)C(O)CN(C)CC1CC2CCC1C2. The Balaban J connectivity index is 1.72. The van der Waals surface area contributed by atoms with Crippen molar-refractivity contribution in [2.75, 3.05) is 20.1 Å². The molecule has 17 heavy (non-hydrogen) atoms. The van der Waals surface area contributed by atoms with E-state index in [4.69, 9.17) is 0 Å². The van der Waals surface area contributed by atoms with Crippen molar-refractivity contribution in [3.63, 3.8) is 0 Å². The number of rotatable bonds is 6. The molecule has 0 saturated heterocycles. The summed E-state index contributed by atoms with van der Waals surface area (Å²) < 4.78 is 0. The number of aliphatic hydroxyl groups excluding tert-OH is 1. The molecule has 1 N–H and O–H groups in total. The Morgan fingerprint density at radius 3 is 2.59 bits per heavy atom. The smallest absolute Gasteiger partial charge is 0.0692 e. The first kappa shape index (κ1) is 13.4. The molecule has 100 valence electrons. The molecule has 2 aliphatic carbocycles. The topological polar surface area (TPSA) is 23.5 Å². The molecule has 0 heterocycles. The van der Waals surface area contributed by atoms with E-state index >= 15 is 0 Å². The average Bonchev–Trinajstić information content (AvgIpc) is 2.89. The lowest BCUT2D eigenvalue weighted by Gasteiger charge is -2.29. The first-order valence-corrected chi connectivity index (χ1v) is 7.46. The van der Waals surface area contributed by atoms with E-state index in [0.29, 0.717) is 5.92 Å². The maximum absolute atomic E-state index is 10.1. The second kappa shape index (κ2) is 5.71. The summed E-state index contributed by atoms with van der Waals surface area (Å²) >= 11 is 0. The fourth-order valence-corrected chi connectivity index (χ4v) is 3.85. The van der Waals surface area contributed by atoms with Gasteiger partial charge in [0.05, 0.1) is 6.10 Å². The van der Waals surface area contributed by atoms with Crippen molar-refractivity contribution in [2.45, 2.75) is 52.1 Å². The normalized spacial score (nSPS) is 35.5. The van der Waals surface area contributed by atoms with Gasteiger partial charge in [-0.25, -0.2) is 0 Å². The van der Waals surface area contributed by atoms with Gasteiger partial charge < -0.3 is 10.0 Å². The molecule has 0 aromatic heterocycles. The molecule has 2 fully saturated rings. The summed E-state index contributed by atoms with van der Waals surface area (Å²) in [7, 11) is 2.18. The number of hydrogen-bond acceptors (Lipinski definition) is 2. The van der Waals surface area contributed by atoms with Gasteiger partial charge >= 0.3 is 0 Å². The molecular weight excluding hydrogens is 210 g/mol. The van der Waals surface area contributed by atoms with Crippen LogP contribution < -0.4 is 0 Å². The molecule has 2 rings (SSSR count). The highest BCUT2D eigenvalue weighted by Gasteiger charge is 2.39. The minimum Gasteiger partial charge on any atom is -0.392 e. The molecule has 2 nitrogen and oxygen atoms in total. The third kappa shape index (κ3) is 3.23. The number of fused-ring (bicyclic) bond motifs is 2. The van der Waals surface area contributed by atoms with E-state index in [1.165, 1.54) is 32.2 Å². The Morgan fingerprint density at radius 2 is 2.06 bits per heavy atom. The van der Waals surface area contributed by atoms with Crippen LogP contribution in [0.1, 0.15) is 46.0 Å². The maximum atomic E-state index is 10.1. The summed E-state index contributed by atoms with van der Waals surface area (Å²) in [6.07, 6.45) is 6.82. The van der Waals surface area contributed by atoms with E-state index in [9.17, 15) is 5.11 Å². The van der Waals surface area contributed by atoms with Gasteiger partial charge in [-0.3, -0.25) is 0 Å². The largest absolute Gasteiger partial charge is 0.392 e. The third-order valence-corrected chi connectivity index (χ3v) is 5.23. The summed E-state index contributed by atoms with van der Waals surface area (Å²) in [5.74, 6) is 3.39. The average molecular weight is 239 g/mol. The standard InChI is InChI=1S/C15H29NO/c1-4-11(2)15(17)10-16(3)9-14-8-12-5-6-13(14)7-12/h11-15,17H,4-10H2,1-3H3. The van der Waals surface area contributed by atoms with Crippen LogP contribution in [0.4, 0.5) is 0 Å². The molecule has 2 saturated carbocycles. The Kier molecular flexibility index (Phi) is 4.48. The highest BCUT2D eigenvalue weighted by Crippen LogP contribution is 2.48. The molecule has 0 aliphatic heterocycles. The van der Waals surface area contributed by atoms with E-state index in [-0.39, 0.29) is 6.10 Å². The van der Waals surface area contributed by atoms with Crippen LogP contribution in [-0.2, 0) is 0 Å². The van der Waals surface area contributed by atoms with Crippen molar-refractivity contribution in [1.29, 1.82) is 0 Å². The van der Waals surface area contributed by atoms with Crippen LogP contribution in [0, 0.1) is 23.7 Å². The summed E-state index contributed by atoms with van der Waals surface area (Å²) in [6.45, 7) is 6.36. The van der Waals surface area contributed by atoms with Crippen molar-refractivity contribution in [2.24, 2.45) is 23.7 Å². The first-order chi connectivity index (χ1) is 8.10. The van der Waals surface area contributed by atoms with Gasteiger partial charge in [0.25, 0.3) is 0 Å². The second-order valence-corrected chi connectivity index (χ2v) is 6.61. The van der Waals surface area contributed by atoms with Gasteiger partial charge in [0.2, 0.25) is 0 Å². The van der Waals surface area contributed by atoms with Crippen molar-refractivity contribution >= 4 is 0 Å². The van der Waals surface area contributed by atoms with Crippen LogP contribution in [0.25, 0.3) is 0 Å². The summed E-state index contributed by atoms with van der Waals surface area (Å²) in [5, 5.41) is 10.1. The molecule has 0 aromatic carbocycles. The fourth-order valence-electron chi connectivity index (χ4n) is 3.85. The molecule has 5 unspecified atom stereocenters. The zero-order valence-electron chi connectivity index (χ0n) is 11.7. The van der Waals surface area contributed by atoms with Crippen LogP contribution in [0.3, 0.4) is 0 Å². The van der Waals surface area contributed by atoms with Crippen molar-refractivity contribution in [3.05, 3.63) is 0 Å². The van der Waals surface area contributed by atoms with Gasteiger partial charge in [0.1, 0.15) is 0 Å². The Bertz CT molecular complexity index is 243. The third-order valence-electron chi connectivity index (χ3n) is 5.23.